The van der Waals surface area contributed by atoms with Gasteiger partial charge in [-0.2, -0.15) is 0 Å². The van der Waals surface area contributed by atoms with E-state index in [9.17, 15) is 0 Å². The molecule has 96 valence electrons. The first-order valence-electron chi connectivity index (χ1n) is 5.66. The number of aliphatic hydroxyl groups is 1. The van der Waals surface area contributed by atoms with Crippen LogP contribution in [0.15, 0.2) is 12.1 Å². The third-order valence-electron chi connectivity index (χ3n) is 2.52. The largest absolute Gasteiger partial charge is 0.396 e. The van der Waals surface area contributed by atoms with Crippen molar-refractivity contribution in [2.24, 2.45) is 5.84 Å². The molecule has 0 radical (unpaired) electrons. The van der Waals surface area contributed by atoms with Crippen LogP contribution >= 0.6 is 11.6 Å². The number of hydrazine groups is 1. The van der Waals surface area contributed by atoms with Crippen molar-refractivity contribution >= 4 is 17.4 Å². The van der Waals surface area contributed by atoms with Gasteiger partial charge in [0.1, 0.15) is 5.82 Å². The van der Waals surface area contributed by atoms with Gasteiger partial charge < -0.3 is 10.5 Å². The average molecular weight is 259 g/mol. The molecule has 0 saturated carbocycles. The van der Waals surface area contributed by atoms with E-state index in [1.807, 2.05) is 0 Å². The highest BCUT2D eigenvalue weighted by Crippen LogP contribution is 2.18. The number of rotatable bonds is 7. The van der Waals surface area contributed by atoms with Crippen molar-refractivity contribution < 1.29 is 5.11 Å². The van der Waals surface area contributed by atoms with Gasteiger partial charge in [0.25, 0.3) is 0 Å². The standard InChI is InChI=1S/C11H19ClN4O/c1-2-16(6-3-7-17)8-10-9(12)4-5-11(14-10)15-13/h4-5,17H,2-3,6-8,13H2,1H3,(H,14,15). The van der Waals surface area contributed by atoms with Crippen LogP contribution in [0.4, 0.5) is 5.82 Å². The minimum Gasteiger partial charge on any atom is -0.396 e. The summed E-state index contributed by atoms with van der Waals surface area (Å²) in [4.78, 5) is 6.49. The van der Waals surface area contributed by atoms with Gasteiger partial charge in [0.2, 0.25) is 0 Å². The Morgan fingerprint density at radius 2 is 2.29 bits per heavy atom. The molecule has 0 atom stereocenters. The maximum absolute atomic E-state index is 8.82. The molecule has 0 saturated heterocycles. The van der Waals surface area contributed by atoms with E-state index in [4.69, 9.17) is 22.6 Å². The Bertz CT molecular complexity index is 348. The van der Waals surface area contributed by atoms with E-state index < -0.39 is 0 Å². The summed E-state index contributed by atoms with van der Waals surface area (Å²) in [7, 11) is 0. The van der Waals surface area contributed by atoms with Crippen molar-refractivity contribution in [1.29, 1.82) is 0 Å². The summed E-state index contributed by atoms with van der Waals surface area (Å²) in [6.45, 7) is 4.63. The Labute approximate surface area is 107 Å². The second-order valence-electron chi connectivity index (χ2n) is 3.72. The molecule has 0 amide bonds. The first kappa shape index (κ1) is 14.2. The summed E-state index contributed by atoms with van der Waals surface area (Å²) in [6.07, 6.45) is 0.750. The van der Waals surface area contributed by atoms with Gasteiger partial charge >= 0.3 is 0 Å². The number of hydrogen-bond donors (Lipinski definition) is 3. The molecule has 0 aliphatic carbocycles. The van der Waals surface area contributed by atoms with E-state index in [1.165, 1.54) is 0 Å². The number of anilines is 1. The number of nitrogens with zero attached hydrogens (tertiary/aromatic N) is 2. The Kier molecular flexibility index (Phi) is 6.21. The molecule has 1 heterocycles. The van der Waals surface area contributed by atoms with Crippen molar-refractivity contribution in [1.82, 2.24) is 9.88 Å². The van der Waals surface area contributed by atoms with Crippen LogP contribution in [0.5, 0.6) is 0 Å². The van der Waals surface area contributed by atoms with Gasteiger partial charge in [-0.1, -0.05) is 18.5 Å². The maximum atomic E-state index is 8.82. The first-order valence-corrected chi connectivity index (χ1v) is 6.04. The zero-order chi connectivity index (χ0) is 12.7. The smallest absolute Gasteiger partial charge is 0.140 e. The van der Waals surface area contributed by atoms with E-state index in [0.717, 1.165) is 25.2 Å². The van der Waals surface area contributed by atoms with E-state index in [-0.39, 0.29) is 6.61 Å². The fourth-order valence-corrected chi connectivity index (χ4v) is 1.70. The molecule has 0 spiro atoms. The molecule has 0 aliphatic heterocycles. The zero-order valence-electron chi connectivity index (χ0n) is 9.99. The lowest BCUT2D eigenvalue weighted by Gasteiger charge is -2.20. The number of aromatic nitrogens is 1. The molecular weight excluding hydrogens is 240 g/mol. The van der Waals surface area contributed by atoms with Gasteiger partial charge in [-0.3, -0.25) is 4.90 Å². The van der Waals surface area contributed by atoms with E-state index >= 15 is 0 Å². The summed E-state index contributed by atoms with van der Waals surface area (Å²) in [5.74, 6) is 5.91. The van der Waals surface area contributed by atoms with Crippen molar-refractivity contribution in [2.75, 3.05) is 25.1 Å². The minimum atomic E-state index is 0.196. The van der Waals surface area contributed by atoms with Crippen molar-refractivity contribution in [3.8, 4) is 0 Å². The van der Waals surface area contributed by atoms with Crippen LogP contribution in [0.1, 0.15) is 19.0 Å². The quantitative estimate of drug-likeness (QED) is 0.507. The van der Waals surface area contributed by atoms with Crippen LogP contribution in [0, 0.1) is 0 Å². The highest BCUT2D eigenvalue weighted by molar-refractivity contribution is 6.31. The summed E-state index contributed by atoms with van der Waals surface area (Å²) in [5, 5.41) is 9.45. The van der Waals surface area contributed by atoms with E-state index in [2.05, 4.69) is 22.2 Å². The third-order valence-corrected chi connectivity index (χ3v) is 2.86. The van der Waals surface area contributed by atoms with Crippen molar-refractivity contribution in [3.63, 3.8) is 0 Å². The van der Waals surface area contributed by atoms with Crippen molar-refractivity contribution in [2.45, 2.75) is 19.9 Å². The zero-order valence-corrected chi connectivity index (χ0v) is 10.7. The molecule has 4 N–H and O–H groups in total. The topological polar surface area (TPSA) is 74.4 Å². The molecule has 1 rings (SSSR count). The molecule has 5 nitrogen and oxygen atoms in total. The molecule has 0 unspecified atom stereocenters. The first-order chi connectivity index (χ1) is 8.21. The van der Waals surface area contributed by atoms with E-state index in [0.29, 0.717) is 17.4 Å². The lowest BCUT2D eigenvalue weighted by atomic mass is 10.3. The van der Waals surface area contributed by atoms with Gasteiger partial charge in [-0.15, -0.1) is 0 Å². The summed E-state index contributed by atoms with van der Waals surface area (Å²) < 4.78 is 0. The second-order valence-corrected chi connectivity index (χ2v) is 4.12. The number of nitrogen functional groups attached to an aromatic ring is 1. The average Bonchev–Trinajstić information content (AvgIpc) is 2.36. The molecule has 0 aromatic carbocycles. The number of pyridine rings is 1. The van der Waals surface area contributed by atoms with Crippen LogP contribution in [0.25, 0.3) is 0 Å². The Morgan fingerprint density at radius 3 is 2.88 bits per heavy atom. The second kappa shape index (κ2) is 7.45. The van der Waals surface area contributed by atoms with Crippen LogP contribution in [0.3, 0.4) is 0 Å². The molecular formula is C11H19ClN4O. The summed E-state index contributed by atoms with van der Waals surface area (Å²) >= 11 is 6.08. The molecule has 1 aromatic rings. The summed E-state index contributed by atoms with van der Waals surface area (Å²) in [6, 6.07) is 3.51. The van der Waals surface area contributed by atoms with Crippen LogP contribution in [-0.2, 0) is 6.54 Å². The fourth-order valence-electron chi connectivity index (χ4n) is 1.53. The highest BCUT2D eigenvalue weighted by atomic mass is 35.5. The third kappa shape index (κ3) is 4.47. The van der Waals surface area contributed by atoms with Gasteiger partial charge in [-0.05, 0) is 25.1 Å². The lowest BCUT2D eigenvalue weighted by molar-refractivity contribution is 0.224. The SMILES string of the molecule is CCN(CCCO)Cc1nc(NN)ccc1Cl. The fraction of sp³-hybridized carbons (Fsp3) is 0.545. The lowest BCUT2D eigenvalue weighted by Crippen LogP contribution is -2.25. The van der Waals surface area contributed by atoms with Crippen molar-refractivity contribution in [3.05, 3.63) is 22.8 Å². The summed E-state index contributed by atoms with van der Waals surface area (Å²) in [5.41, 5.74) is 3.29. The van der Waals surface area contributed by atoms with E-state index in [1.54, 1.807) is 12.1 Å². The monoisotopic (exact) mass is 258 g/mol. The predicted octanol–water partition coefficient (Wildman–Crippen LogP) is 1.22. The molecule has 17 heavy (non-hydrogen) atoms. The van der Waals surface area contributed by atoms with Gasteiger partial charge in [0.05, 0.1) is 10.7 Å². The van der Waals surface area contributed by atoms with Crippen LogP contribution in [0.2, 0.25) is 5.02 Å². The molecule has 6 heteroatoms. The van der Waals surface area contributed by atoms with Gasteiger partial charge in [-0.25, -0.2) is 10.8 Å². The predicted molar refractivity (Wildman–Crippen MR) is 69.7 cm³/mol. The Balaban J connectivity index is 2.70. The molecule has 0 bridgehead atoms. The minimum absolute atomic E-state index is 0.196. The Morgan fingerprint density at radius 1 is 1.53 bits per heavy atom. The highest BCUT2D eigenvalue weighted by Gasteiger charge is 2.08. The molecule has 1 aromatic heterocycles. The number of hydrogen-bond acceptors (Lipinski definition) is 5. The number of nitrogens with two attached hydrogens (primary N) is 1. The number of aliphatic hydroxyl groups excluding tert-OH is 1. The van der Waals surface area contributed by atoms with Crippen LogP contribution in [-0.4, -0.2) is 34.7 Å². The number of nitrogens with one attached hydrogen (secondary N) is 1. The number of halogens is 1. The maximum Gasteiger partial charge on any atom is 0.140 e. The van der Waals surface area contributed by atoms with Gasteiger partial charge in [0, 0.05) is 19.7 Å². The van der Waals surface area contributed by atoms with Gasteiger partial charge in [0.15, 0.2) is 0 Å². The Hall–Kier alpha value is -0.880. The molecule has 0 fully saturated rings. The van der Waals surface area contributed by atoms with Crippen LogP contribution < -0.4 is 11.3 Å². The molecule has 0 aliphatic rings. The normalized spacial score (nSPS) is 10.9.